The first-order valence-corrected chi connectivity index (χ1v) is 10.1. The van der Waals surface area contributed by atoms with Crippen molar-refractivity contribution in [1.82, 2.24) is 4.90 Å². The van der Waals surface area contributed by atoms with Crippen LogP contribution in [-0.4, -0.2) is 36.2 Å². The molecule has 1 aliphatic rings. The second kappa shape index (κ2) is 9.20. The van der Waals surface area contributed by atoms with E-state index in [1.54, 1.807) is 4.90 Å². The first-order chi connectivity index (χ1) is 12.8. The van der Waals surface area contributed by atoms with Crippen molar-refractivity contribution < 1.29 is 9.59 Å². The van der Waals surface area contributed by atoms with Crippen LogP contribution in [0, 0.1) is 5.41 Å². The van der Waals surface area contributed by atoms with Crippen molar-refractivity contribution in [2.75, 3.05) is 18.9 Å². The highest BCUT2D eigenvalue weighted by atomic mass is 16.2. The van der Waals surface area contributed by atoms with E-state index in [1.165, 1.54) is 5.56 Å². The molecule has 1 aromatic rings. The molecule has 1 aromatic carbocycles. The molecule has 148 valence electrons. The van der Waals surface area contributed by atoms with Gasteiger partial charge in [0.05, 0.1) is 6.04 Å². The Morgan fingerprint density at radius 1 is 1.26 bits per heavy atom. The molecule has 0 radical (unpaired) electrons. The largest absolute Gasteiger partial charge is 0.388 e. The molecular weight excluding hydrogens is 336 g/mol. The molecule has 1 saturated heterocycles. The van der Waals surface area contributed by atoms with E-state index in [-0.39, 0.29) is 17.7 Å². The molecule has 1 unspecified atom stereocenters. The molecule has 0 aliphatic carbocycles. The van der Waals surface area contributed by atoms with Gasteiger partial charge in [-0.15, -0.1) is 0 Å². The van der Waals surface area contributed by atoms with Crippen molar-refractivity contribution in [3.8, 4) is 0 Å². The first kappa shape index (κ1) is 21.2. The lowest BCUT2D eigenvalue weighted by atomic mass is 9.84. The van der Waals surface area contributed by atoms with Crippen LogP contribution in [-0.2, 0) is 16.0 Å². The van der Waals surface area contributed by atoms with Crippen molar-refractivity contribution in [1.29, 1.82) is 0 Å². The number of likely N-dealkylation sites (tertiary alicyclic amines) is 1. The summed E-state index contributed by atoms with van der Waals surface area (Å²) < 4.78 is 0. The quantitative estimate of drug-likeness (QED) is 0.510. The monoisotopic (exact) mass is 370 g/mol. The van der Waals surface area contributed by atoms with Crippen molar-refractivity contribution in [2.45, 2.75) is 65.3 Å². The van der Waals surface area contributed by atoms with Crippen LogP contribution in [0.4, 0.5) is 5.69 Å². The summed E-state index contributed by atoms with van der Waals surface area (Å²) in [5.41, 5.74) is 2.91. The molecule has 1 amide bonds. The Hall–Kier alpha value is -2.10. The third kappa shape index (κ3) is 5.21. The van der Waals surface area contributed by atoms with E-state index in [0.29, 0.717) is 13.0 Å². The standard InChI is InChI=1S/C23H34N2O2/c1-6-23(3,4)21(26)22(27)25-16-8-11-20(25)17(2)9-7-10-18-12-14-19(24-5)15-13-18/h12-15,20,24H,2,6-11,16H2,1,3-5H3. The highest BCUT2D eigenvalue weighted by molar-refractivity contribution is 6.38. The van der Waals surface area contributed by atoms with Gasteiger partial charge in [-0.25, -0.2) is 0 Å². The molecule has 4 nitrogen and oxygen atoms in total. The SMILES string of the molecule is C=C(CCCc1ccc(NC)cc1)C1CCCN1C(=O)C(=O)C(C)(C)CC. The van der Waals surface area contributed by atoms with Crippen LogP contribution >= 0.6 is 0 Å². The normalized spacial score (nSPS) is 17.0. The zero-order valence-corrected chi connectivity index (χ0v) is 17.3. The number of ketones is 1. The van der Waals surface area contributed by atoms with E-state index >= 15 is 0 Å². The Balaban J connectivity index is 1.90. The zero-order valence-electron chi connectivity index (χ0n) is 17.3. The van der Waals surface area contributed by atoms with E-state index < -0.39 is 5.41 Å². The second-order valence-corrected chi connectivity index (χ2v) is 8.18. The van der Waals surface area contributed by atoms with E-state index in [1.807, 2.05) is 27.8 Å². The van der Waals surface area contributed by atoms with Crippen molar-refractivity contribution in [3.63, 3.8) is 0 Å². The lowest BCUT2D eigenvalue weighted by Gasteiger charge is -2.29. The van der Waals surface area contributed by atoms with Gasteiger partial charge in [0.25, 0.3) is 5.91 Å². The summed E-state index contributed by atoms with van der Waals surface area (Å²) in [6, 6.07) is 8.48. The van der Waals surface area contributed by atoms with Gasteiger partial charge in [-0.05, 0) is 56.2 Å². The van der Waals surface area contributed by atoms with Gasteiger partial charge >= 0.3 is 0 Å². The summed E-state index contributed by atoms with van der Waals surface area (Å²) in [7, 11) is 1.92. The lowest BCUT2D eigenvalue weighted by molar-refractivity contribution is -0.149. The predicted molar refractivity (Wildman–Crippen MR) is 112 cm³/mol. The number of nitrogens with one attached hydrogen (secondary N) is 1. The van der Waals surface area contributed by atoms with Crippen LogP contribution in [0.3, 0.4) is 0 Å². The minimum atomic E-state index is -0.592. The number of rotatable bonds is 9. The van der Waals surface area contributed by atoms with Gasteiger partial charge in [0.15, 0.2) is 0 Å². The van der Waals surface area contributed by atoms with Crippen LogP contribution < -0.4 is 5.32 Å². The third-order valence-corrected chi connectivity index (χ3v) is 5.88. The molecule has 4 heteroatoms. The van der Waals surface area contributed by atoms with Crippen molar-refractivity contribution >= 4 is 17.4 Å². The number of Topliss-reactive ketones (excluding diaryl/α,β-unsaturated/α-hetero) is 1. The highest BCUT2D eigenvalue weighted by Crippen LogP contribution is 2.29. The summed E-state index contributed by atoms with van der Waals surface area (Å²) in [5.74, 6) is -0.595. The maximum Gasteiger partial charge on any atom is 0.291 e. The number of aryl methyl sites for hydroxylation is 1. The topological polar surface area (TPSA) is 49.4 Å². The fourth-order valence-corrected chi connectivity index (χ4v) is 3.54. The fourth-order valence-electron chi connectivity index (χ4n) is 3.54. The molecular formula is C23H34N2O2. The number of benzene rings is 1. The number of anilines is 1. The van der Waals surface area contributed by atoms with Gasteiger partial charge in [-0.1, -0.05) is 45.1 Å². The average Bonchev–Trinajstić information content (AvgIpc) is 3.17. The Morgan fingerprint density at radius 2 is 1.93 bits per heavy atom. The third-order valence-electron chi connectivity index (χ3n) is 5.88. The van der Waals surface area contributed by atoms with Gasteiger partial charge in [0, 0.05) is 24.7 Å². The molecule has 1 heterocycles. The van der Waals surface area contributed by atoms with Crippen molar-refractivity contribution in [2.24, 2.45) is 5.41 Å². The average molecular weight is 371 g/mol. The smallest absolute Gasteiger partial charge is 0.291 e. The second-order valence-electron chi connectivity index (χ2n) is 8.18. The van der Waals surface area contributed by atoms with Crippen LogP contribution in [0.25, 0.3) is 0 Å². The van der Waals surface area contributed by atoms with Crippen molar-refractivity contribution in [3.05, 3.63) is 42.0 Å². The summed E-state index contributed by atoms with van der Waals surface area (Å²) in [4.78, 5) is 27.1. The predicted octanol–water partition coefficient (Wildman–Crippen LogP) is 4.60. The van der Waals surface area contributed by atoms with Crippen LogP contribution in [0.2, 0.25) is 0 Å². The van der Waals surface area contributed by atoms with Crippen LogP contribution in [0.15, 0.2) is 36.4 Å². The Labute approximate surface area is 164 Å². The lowest BCUT2D eigenvalue weighted by Crippen LogP contribution is -2.45. The Morgan fingerprint density at radius 3 is 2.52 bits per heavy atom. The molecule has 27 heavy (non-hydrogen) atoms. The summed E-state index contributed by atoms with van der Waals surface area (Å²) in [6.07, 6.45) is 5.41. The molecule has 0 spiro atoms. The van der Waals surface area contributed by atoms with E-state index in [2.05, 4.69) is 36.2 Å². The van der Waals surface area contributed by atoms with Gasteiger partial charge in [-0.3, -0.25) is 9.59 Å². The molecule has 2 rings (SSSR count). The number of hydrogen-bond acceptors (Lipinski definition) is 3. The van der Waals surface area contributed by atoms with E-state index in [0.717, 1.165) is 43.4 Å². The van der Waals surface area contributed by atoms with E-state index in [9.17, 15) is 9.59 Å². The molecule has 0 bridgehead atoms. The molecule has 0 aromatic heterocycles. The zero-order chi connectivity index (χ0) is 20.0. The highest BCUT2D eigenvalue weighted by Gasteiger charge is 2.39. The number of amides is 1. The van der Waals surface area contributed by atoms with Gasteiger partial charge in [-0.2, -0.15) is 0 Å². The van der Waals surface area contributed by atoms with E-state index in [4.69, 9.17) is 0 Å². The maximum atomic E-state index is 12.8. The Bertz CT molecular complexity index is 676. The molecule has 0 saturated carbocycles. The number of hydrogen-bond donors (Lipinski definition) is 1. The maximum absolute atomic E-state index is 12.8. The van der Waals surface area contributed by atoms with Gasteiger partial charge in [0.1, 0.15) is 0 Å². The minimum absolute atomic E-state index is 0.0146. The van der Waals surface area contributed by atoms with Gasteiger partial charge < -0.3 is 10.2 Å². The molecule has 1 N–H and O–H groups in total. The minimum Gasteiger partial charge on any atom is -0.388 e. The molecule has 1 atom stereocenters. The Kier molecular flexibility index (Phi) is 7.23. The first-order valence-electron chi connectivity index (χ1n) is 10.1. The number of carbonyl (C=O) groups is 2. The molecule has 1 fully saturated rings. The summed E-state index contributed by atoms with van der Waals surface area (Å²) >= 11 is 0. The van der Waals surface area contributed by atoms with Crippen LogP contribution in [0.5, 0.6) is 0 Å². The fraction of sp³-hybridized carbons (Fsp3) is 0.565. The van der Waals surface area contributed by atoms with Crippen LogP contribution in [0.1, 0.15) is 58.4 Å². The molecule has 1 aliphatic heterocycles. The summed E-state index contributed by atoms with van der Waals surface area (Å²) in [6.45, 7) is 10.6. The number of carbonyl (C=O) groups excluding carboxylic acids is 2. The number of nitrogens with zero attached hydrogens (tertiary/aromatic N) is 1. The summed E-state index contributed by atoms with van der Waals surface area (Å²) in [5, 5.41) is 3.13. The van der Waals surface area contributed by atoms with Gasteiger partial charge in [0.2, 0.25) is 5.78 Å².